The number of nitrogens with two attached hydrogens (primary N) is 1. The molecule has 0 aliphatic rings. The number of aromatic nitrogens is 1. The van der Waals surface area contributed by atoms with Crippen molar-refractivity contribution >= 4 is 21.6 Å². The van der Waals surface area contributed by atoms with Gasteiger partial charge in [0, 0.05) is 22.4 Å². The second-order valence-corrected chi connectivity index (χ2v) is 4.81. The van der Waals surface area contributed by atoms with Crippen LogP contribution in [0.4, 0.5) is 5.69 Å². The van der Waals surface area contributed by atoms with Crippen molar-refractivity contribution in [2.24, 2.45) is 0 Å². The van der Waals surface area contributed by atoms with Crippen LogP contribution in [0.2, 0.25) is 0 Å². The van der Waals surface area contributed by atoms with Crippen molar-refractivity contribution in [3.8, 4) is 11.6 Å². The second-order valence-electron chi connectivity index (χ2n) is 3.89. The number of benzene rings is 1. The summed E-state index contributed by atoms with van der Waals surface area (Å²) in [5, 5.41) is 0. The van der Waals surface area contributed by atoms with Crippen LogP contribution in [0.15, 0.2) is 34.9 Å². The number of nitrogens with zero attached hydrogens (tertiary/aromatic N) is 1. The molecule has 0 unspecified atom stereocenters. The smallest absolute Gasteiger partial charge is 0.221 e. The van der Waals surface area contributed by atoms with Crippen LogP contribution >= 0.6 is 15.9 Å². The molecule has 0 fully saturated rings. The highest BCUT2D eigenvalue weighted by Crippen LogP contribution is 2.28. The number of halogens is 1. The van der Waals surface area contributed by atoms with Crippen LogP contribution in [-0.4, -0.2) is 4.98 Å². The Kier molecular flexibility index (Phi) is 3.33. The molecule has 0 aliphatic carbocycles. The third-order valence-corrected chi connectivity index (χ3v) is 2.98. The Labute approximate surface area is 109 Å². The summed E-state index contributed by atoms with van der Waals surface area (Å²) >= 11 is 3.41. The van der Waals surface area contributed by atoms with Crippen molar-refractivity contribution in [2.45, 2.75) is 13.8 Å². The van der Waals surface area contributed by atoms with Gasteiger partial charge in [0.2, 0.25) is 5.88 Å². The summed E-state index contributed by atoms with van der Waals surface area (Å²) in [6.07, 6.45) is 1.71. The monoisotopic (exact) mass is 292 g/mol. The zero-order chi connectivity index (χ0) is 12.4. The molecule has 0 saturated carbocycles. The zero-order valence-electron chi connectivity index (χ0n) is 9.70. The summed E-state index contributed by atoms with van der Waals surface area (Å²) in [7, 11) is 0. The largest absolute Gasteiger partial charge is 0.439 e. The van der Waals surface area contributed by atoms with Gasteiger partial charge in [0.1, 0.15) is 5.75 Å². The first-order valence-corrected chi connectivity index (χ1v) is 6.01. The summed E-state index contributed by atoms with van der Waals surface area (Å²) in [4.78, 5) is 4.19. The molecule has 1 aromatic heterocycles. The van der Waals surface area contributed by atoms with Gasteiger partial charge in [-0.3, -0.25) is 0 Å². The van der Waals surface area contributed by atoms with Gasteiger partial charge in [0.05, 0.1) is 0 Å². The first-order valence-electron chi connectivity index (χ1n) is 5.22. The van der Waals surface area contributed by atoms with Crippen LogP contribution in [0, 0.1) is 13.8 Å². The van der Waals surface area contributed by atoms with E-state index in [1.807, 2.05) is 32.0 Å². The maximum Gasteiger partial charge on any atom is 0.221 e. The van der Waals surface area contributed by atoms with Crippen molar-refractivity contribution in [1.82, 2.24) is 4.98 Å². The van der Waals surface area contributed by atoms with Gasteiger partial charge in [-0.25, -0.2) is 4.98 Å². The van der Waals surface area contributed by atoms with Gasteiger partial charge in [-0.2, -0.15) is 0 Å². The van der Waals surface area contributed by atoms with Crippen LogP contribution < -0.4 is 10.5 Å². The molecule has 0 bridgehead atoms. The van der Waals surface area contributed by atoms with Crippen LogP contribution in [0.5, 0.6) is 11.6 Å². The molecular formula is C13H13BrN2O. The van der Waals surface area contributed by atoms with Crippen LogP contribution in [0.3, 0.4) is 0 Å². The predicted octanol–water partition coefficient (Wildman–Crippen LogP) is 3.84. The van der Waals surface area contributed by atoms with Crippen molar-refractivity contribution in [3.05, 3.63) is 46.1 Å². The van der Waals surface area contributed by atoms with E-state index in [4.69, 9.17) is 10.5 Å². The number of pyridine rings is 1. The molecule has 2 aromatic rings. The normalized spacial score (nSPS) is 10.3. The molecule has 0 spiro atoms. The molecule has 0 saturated heterocycles. The van der Waals surface area contributed by atoms with Gasteiger partial charge in [0.15, 0.2) is 0 Å². The molecule has 4 heteroatoms. The average molecular weight is 293 g/mol. The third-order valence-electron chi connectivity index (χ3n) is 2.48. The number of rotatable bonds is 2. The SMILES string of the molecule is Cc1cnc(Oc2cc(Br)ccc2C)cc1N. The number of hydrogen-bond donors (Lipinski definition) is 1. The number of anilines is 1. The number of hydrogen-bond acceptors (Lipinski definition) is 3. The molecule has 0 radical (unpaired) electrons. The fourth-order valence-electron chi connectivity index (χ4n) is 1.37. The summed E-state index contributed by atoms with van der Waals surface area (Å²) in [6, 6.07) is 7.60. The molecule has 0 atom stereocenters. The second kappa shape index (κ2) is 4.75. The minimum Gasteiger partial charge on any atom is -0.439 e. The topological polar surface area (TPSA) is 48.1 Å². The van der Waals surface area contributed by atoms with Gasteiger partial charge in [-0.1, -0.05) is 22.0 Å². The fraction of sp³-hybridized carbons (Fsp3) is 0.154. The van der Waals surface area contributed by atoms with E-state index >= 15 is 0 Å². The molecule has 1 aromatic carbocycles. The first-order chi connectivity index (χ1) is 8.06. The zero-order valence-corrected chi connectivity index (χ0v) is 11.3. The average Bonchev–Trinajstić information content (AvgIpc) is 2.29. The molecule has 88 valence electrons. The molecule has 2 N–H and O–H groups in total. The predicted molar refractivity (Wildman–Crippen MR) is 72.3 cm³/mol. The Morgan fingerprint density at radius 2 is 1.94 bits per heavy atom. The summed E-state index contributed by atoms with van der Waals surface area (Å²) in [6.45, 7) is 3.90. The van der Waals surface area contributed by atoms with E-state index in [0.717, 1.165) is 21.3 Å². The molecule has 0 amide bonds. The highest BCUT2D eigenvalue weighted by molar-refractivity contribution is 9.10. The van der Waals surface area contributed by atoms with E-state index in [-0.39, 0.29) is 0 Å². The lowest BCUT2D eigenvalue weighted by atomic mass is 10.2. The quantitative estimate of drug-likeness (QED) is 0.915. The van der Waals surface area contributed by atoms with E-state index in [1.54, 1.807) is 12.3 Å². The molecule has 1 heterocycles. The van der Waals surface area contributed by atoms with Crippen LogP contribution in [0.25, 0.3) is 0 Å². The number of aryl methyl sites for hydroxylation is 2. The van der Waals surface area contributed by atoms with Gasteiger partial charge in [-0.15, -0.1) is 0 Å². The van der Waals surface area contributed by atoms with Gasteiger partial charge >= 0.3 is 0 Å². The van der Waals surface area contributed by atoms with Crippen molar-refractivity contribution in [2.75, 3.05) is 5.73 Å². The van der Waals surface area contributed by atoms with E-state index in [0.29, 0.717) is 11.6 Å². The Morgan fingerprint density at radius 3 is 2.65 bits per heavy atom. The van der Waals surface area contributed by atoms with E-state index in [9.17, 15) is 0 Å². The summed E-state index contributed by atoms with van der Waals surface area (Å²) in [5.41, 5.74) is 8.49. The van der Waals surface area contributed by atoms with E-state index in [1.165, 1.54) is 0 Å². The first kappa shape index (κ1) is 11.9. The van der Waals surface area contributed by atoms with E-state index in [2.05, 4.69) is 20.9 Å². The van der Waals surface area contributed by atoms with Crippen molar-refractivity contribution in [1.29, 1.82) is 0 Å². The summed E-state index contributed by atoms with van der Waals surface area (Å²) < 4.78 is 6.68. The maximum absolute atomic E-state index is 5.81. The standard InChI is InChI=1S/C13H13BrN2O/c1-8-3-4-10(14)5-12(8)17-13-6-11(15)9(2)7-16-13/h3-7H,1-2H3,(H2,15,16). The van der Waals surface area contributed by atoms with Crippen molar-refractivity contribution < 1.29 is 4.74 Å². The highest BCUT2D eigenvalue weighted by atomic mass is 79.9. The lowest BCUT2D eigenvalue weighted by molar-refractivity contribution is 0.459. The third kappa shape index (κ3) is 2.77. The fourth-order valence-corrected chi connectivity index (χ4v) is 1.71. The van der Waals surface area contributed by atoms with Crippen LogP contribution in [-0.2, 0) is 0 Å². The Balaban J connectivity index is 2.31. The van der Waals surface area contributed by atoms with Gasteiger partial charge < -0.3 is 10.5 Å². The number of nitrogen functional groups attached to an aromatic ring is 1. The Bertz CT molecular complexity index is 555. The lowest BCUT2D eigenvalue weighted by Crippen LogP contribution is -1.95. The minimum absolute atomic E-state index is 0.509. The molecule has 2 rings (SSSR count). The van der Waals surface area contributed by atoms with Gasteiger partial charge in [-0.05, 0) is 37.1 Å². The van der Waals surface area contributed by atoms with E-state index < -0.39 is 0 Å². The molecule has 17 heavy (non-hydrogen) atoms. The molecular weight excluding hydrogens is 280 g/mol. The maximum atomic E-state index is 5.81. The molecule has 0 aliphatic heterocycles. The summed E-state index contributed by atoms with van der Waals surface area (Å²) in [5.74, 6) is 1.28. The van der Waals surface area contributed by atoms with Crippen LogP contribution in [0.1, 0.15) is 11.1 Å². The number of ether oxygens (including phenoxy) is 1. The molecule has 3 nitrogen and oxygen atoms in total. The Hall–Kier alpha value is -1.55. The lowest BCUT2D eigenvalue weighted by Gasteiger charge is -2.09. The van der Waals surface area contributed by atoms with Crippen molar-refractivity contribution in [3.63, 3.8) is 0 Å². The van der Waals surface area contributed by atoms with Gasteiger partial charge in [0.25, 0.3) is 0 Å². The Morgan fingerprint density at radius 1 is 1.18 bits per heavy atom. The minimum atomic E-state index is 0.509. The highest BCUT2D eigenvalue weighted by Gasteiger charge is 2.04.